The number of carboxylic acid groups (broad SMARTS) is 1. The minimum atomic E-state index is -0.808. The second kappa shape index (κ2) is 5.04. The molecular formula is C8H8O3S2. The Balaban J connectivity index is 2.36. The summed E-state index contributed by atoms with van der Waals surface area (Å²) in [6, 6.07) is 3.59. The summed E-state index contributed by atoms with van der Waals surface area (Å²) in [4.78, 5) is 22.2. The highest BCUT2D eigenvalue weighted by Gasteiger charge is 2.01. The quantitative estimate of drug-likeness (QED) is 0.763. The average Bonchev–Trinajstić information content (AvgIpc) is 2.52. The summed E-state index contributed by atoms with van der Waals surface area (Å²) in [6.07, 6.45) is 0.802. The molecule has 0 bridgehead atoms. The molecule has 0 saturated carbocycles. The van der Waals surface area contributed by atoms with Gasteiger partial charge < -0.3 is 5.11 Å². The van der Waals surface area contributed by atoms with E-state index >= 15 is 0 Å². The Morgan fingerprint density at radius 3 is 2.92 bits per heavy atom. The summed E-state index contributed by atoms with van der Waals surface area (Å²) >= 11 is 2.74. The molecule has 5 heteroatoms. The van der Waals surface area contributed by atoms with Crippen LogP contribution >= 0.6 is 23.1 Å². The van der Waals surface area contributed by atoms with Gasteiger partial charge >= 0.3 is 5.97 Å². The number of carboxylic acids is 1. The Labute approximate surface area is 83.8 Å². The predicted molar refractivity (Wildman–Crippen MR) is 53.5 cm³/mol. The van der Waals surface area contributed by atoms with Gasteiger partial charge in [-0.2, -0.15) is 0 Å². The largest absolute Gasteiger partial charge is 0.481 e. The molecule has 70 valence electrons. The van der Waals surface area contributed by atoms with Gasteiger partial charge in [0.2, 0.25) is 0 Å². The van der Waals surface area contributed by atoms with Crippen molar-refractivity contribution in [1.82, 2.24) is 0 Å². The van der Waals surface area contributed by atoms with Gasteiger partial charge in [-0.25, -0.2) is 0 Å². The lowest BCUT2D eigenvalue weighted by Gasteiger charge is -1.93. The highest BCUT2D eigenvalue weighted by molar-refractivity contribution is 7.99. The van der Waals surface area contributed by atoms with Crippen molar-refractivity contribution in [3.05, 3.63) is 21.9 Å². The van der Waals surface area contributed by atoms with Crippen LogP contribution in [0.15, 0.2) is 12.1 Å². The fourth-order valence-corrected chi connectivity index (χ4v) is 2.46. The van der Waals surface area contributed by atoms with Crippen LogP contribution in [0.3, 0.4) is 0 Å². The molecule has 0 spiro atoms. The lowest BCUT2D eigenvalue weighted by atomic mass is 10.4. The zero-order valence-electron chi connectivity index (χ0n) is 6.73. The Morgan fingerprint density at radius 2 is 2.38 bits per heavy atom. The normalized spacial score (nSPS) is 9.85. The van der Waals surface area contributed by atoms with Gasteiger partial charge in [-0.05, 0) is 12.1 Å². The molecule has 0 aliphatic carbocycles. The standard InChI is InChI=1S/C8H8O3S2/c9-3-6-1-2-7(13-6)4-12-5-8(10)11/h1-3H,4-5H2,(H,10,11). The van der Waals surface area contributed by atoms with E-state index in [1.807, 2.05) is 6.07 Å². The molecule has 0 radical (unpaired) electrons. The average molecular weight is 216 g/mol. The van der Waals surface area contributed by atoms with E-state index in [4.69, 9.17) is 5.11 Å². The third-order valence-electron chi connectivity index (χ3n) is 1.27. The molecule has 1 aromatic rings. The van der Waals surface area contributed by atoms with Gasteiger partial charge in [0.05, 0.1) is 10.6 Å². The Kier molecular flexibility index (Phi) is 3.98. The van der Waals surface area contributed by atoms with E-state index in [2.05, 4.69) is 0 Å². The Bertz CT molecular complexity index is 306. The summed E-state index contributed by atoms with van der Waals surface area (Å²) in [5.41, 5.74) is 0. The summed E-state index contributed by atoms with van der Waals surface area (Å²) in [5, 5.41) is 8.37. The van der Waals surface area contributed by atoms with Crippen molar-refractivity contribution >= 4 is 35.4 Å². The van der Waals surface area contributed by atoms with E-state index in [-0.39, 0.29) is 5.75 Å². The van der Waals surface area contributed by atoms with Crippen LogP contribution in [0.25, 0.3) is 0 Å². The first-order valence-corrected chi connectivity index (χ1v) is 5.53. The van der Waals surface area contributed by atoms with Gasteiger partial charge in [0.15, 0.2) is 6.29 Å². The number of hydrogen-bond donors (Lipinski definition) is 1. The molecule has 13 heavy (non-hydrogen) atoms. The van der Waals surface area contributed by atoms with Gasteiger partial charge in [-0.1, -0.05) is 0 Å². The zero-order chi connectivity index (χ0) is 9.68. The second-order valence-electron chi connectivity index (χ2n) is 2.31. The molecule has 1 heterocycles. The molecule has 0 atom stereocenters. The van der Waals surface area contributed by atoms with Gasteiger partial charge in [-0.3, -0.25) is 9.59 Å². The molecule has 0 aliphatic heterocycles. The second-order valence-corrected chi connectivity index (χ2v) is 4.49. The van der Waals surface area contributed by atoms with Crippen LogP contribution in [-0.2, 0) is 10.5 Å². The molecule has 0 fully saturated rings. The van der Waals surface area contributed by atoms with Crippen molar-refractivity contribution in [2.75, 3.05) is 5.75 Å². The minimum Gasteiger partial charge on any atom is -0.481 e. The number of carbonyl (C=O) groups is 2. The molecule has 1 rings (SSSR count). The van der Waals surface area contributed by atoms with Gasteiger partial charge in [0.1, 0.15) is 0 Å². The van der Waals surface area contributed by atoms with E-state index in [0.29, 0.717) is 10.6 Å². The highest BCUT2D eigenvalue weighted by atomic mass is 32.2. The van der Waals surface area contributed by atoms with Crippen LogP contribution in [0.4, 0.5) is 0 Å². The number of carbonyl (C=O) groups excluding carboxylic acids is 1. The van der Waals surface area contributed by atoms with Gasteiger partial charge in [-0.15, -0.1) is 23.1 Å². The number of rotatable bonds is 5. The van der Waals surface area contributed by atoms with Crippen LogP contribution in [0.1, 0.15) is 14.5 Å². The lowest BCUT2D eigenvalue weighted by molar-refractivity contribution is -0.133. The fraction of sp³-hybridized carbons (Fsp3) is 0.250. The maximum absolute atomic E-state index is 10.3. The van der Waals surface area contributed by atoms with Gasteiger partial charge in [0.25, 0.3) is 0 Å². The first-order chi connectivity index (χ1) is 6.22. The van der Waals surface area contributed by atoms with E-state index < -0.39 is 5.97 Å². The monoisotopic (exact) mass is 216 g/mol. The van der Waals surface area contributed by atoms with Crippen LogP contribution in [-0.4, -0.2) is 23.1 Å². The maximum atomic E-state index is 10.3. The number of thiophene rings is 1. The van der Waals surface area contributed by atoms with E-state index in [1.54, 1.807) is 6.07 Å². The number of hydrogen-bond acceptors (Lipinski definition) is 4. The Hall–Kier alpha value is -0.810. The molecule has 0 saturated heterocycles. The van der Waals surface area contributed by atoms with Crippen molar-refractivity contribution in [2.24, 2.45) is 0 Å². The highest BCUT2D eigenvalue weighted by Crippen LogP contribution is 2.20. The summed E-state index contributed by atoms with van der Waals surface area (Å²) in [6.45, 7) is 0. The molecule has 3 nitrogen and oxygen atoms in total. The van der Waals surface area contributed by atoms with Crippen molar-refractivity contribution in [3.63, 3.8) is 0 Å². The van der Waals surface area contributed by atoms with Crippen molar-refractivity contribution < 1.29 is 14.7 Å². The molecule has 0 amide bonds. The zero-order valence-corrected chi connectivity index (χ0v) is 8.36. The molecule has 1 N–H and O–H groups in total. The first-order valence-electron chi connectivity index (χ1n) is 3.56. The maximum Gasteiger partial charge on any atom is 0.313 e. The molecule has 1 aromatic heterocycles. The van der Waals surface area contributed by atoms with Crippen molar-refractivity contribution in [2.45, 2.75) is 5.75 Å². The Morgan fingerprint density at radius 1 is 1.62 bits per heavy atom. The summed E-state index contributed by atoms with van der Waals surface area (Å²) in [7, 11) is 0. The van der Waals surface area contributed by atoms with Crippen LogP contribution < -0.4 is 0 Å². The van der Waals surface area contributed by atoms with Gasteiger partial charge in [0, 0.05) is 10.6 Å². The molecule has 0 unspecified atom stereocenters. The predicted octanol–water partition coefficient (Wildman–Crippen LogP) is 1.88. The lowest BCUT2D eigenvalue weighted by Crippen LogP contribution is -1.97. The van der Waals surface area contributed by atoms with Crippen LogP contribution in [0.2, 0.25) is 0 Å². The van der Waals surface area contributed by atoms with E-state index in [0.717, 1.165) is 11.2 Å². The third-order valence-corrected chi connectivity index (χ3v) is 3.43. The number of thioether (sulfide) groups is 1. The SMILES string of the molecule is O=Cc1ccc(CSCC(=O)O)s1. The summed E-state index contributed by atoms with van der Waals surface area (Å²) in [5.74, 6) is -0.0452. The van der Waals surface area contributed by atoms with Crippen LogP contribution in [0.5, 0.6) is 0 Å². The molecular weight excluding hydrogens is 208 g/mol. The van der Waals surface area contributed by atoms with E-state index in [1.165, 1.54) is 23.1 Å². The summed E-state index contributed by atoms with van der Waals surface area (Å²) < 4.78 is 0. The first kappa shape index (κ1) is 10.3. The number of aldehydes is 1. The van der Waals surface area contributed by atoms with E-state index in [9.17, 15) is 9.59 Å². The minimum absolute atomic E-state index is 0.105. The topological polar surface area (TPSA) is 54.4 Å². The smallest absolute Gasteiger partial charge is 0.313 e. The van der Waals surface area contributed by atoms with Crippen molar-refractivity contribution in [1.29, 1.82) is 0 Å². The van der Waals surface area contributed by atoms with Crippen LogP contribution in [0, 0.1) is 0 Å². The fourth-order valence-electron chi connectivity index (χ4n) is 0.774. The third kappa shape index (κ3) is 3.61. The number of aliphatic carboxylic acids is 1. The van der Waals surface area contributed by atoms with Crippen molar-refractivity contribution in [3.8, 4) is 0 Å². The molecule has 0 aromatic carbocycles. The molecule has 0 aliphatic rings.